The molecule has 0 aliphatic rings. The summed E-state index contributed by atoms with van der Waals surface area (Å²) in [5, 5.41) is 0. The maximum atomic E-state index is 5.59. The van der Waals surface area contributed by atoms with Gasteiger partial charge in [0.25, 0.3) is 0 Å². The number of anilines is 2. The molecule has 0 amide bonds. The fourth-order valence-electron chi connectivity index (χ4n) is 1.59. The summed E-state index contributed by atoms with van der Waals surface area (Å²) in [5.41, 5.74) is 6.84. The summed E-state index contributed by atoms with van der Waals surface area (Å²) in [6.07, 6.45) is 6.19. The number of likely N-dealkylation sites (N-methyl/N-ethyl adjacent to an activating group) is 1. The molecular weight excluding hydrogens is 294 g/mol. The third-order valence-electron chi connectivity index (χ3n) is 2.59. The van der Waals surface area contributed by atoms with E-state index in [0.717, 1.165) is 23.3 Å². The Kier molecular flexibility index (Phi) is 4.09. The van der Waals surface area contributed by atoms with Crippen molar-refractivity contribution < 1.29 is 0 Å². The van der Waals surface area contributed by atoms with E-state index in [0.29, 0.717) is 0 Å². The van der Waals surface area contributed by atoms with Gasteiger partial charge in [-0.3, -0.25) is 4.98 Å². The molecule has 18 heavy (non-hydrogen) atoms. The van der Waals surface area contributed by atoms with E-state index in [1.807, 2.05) is 24.1 Å². The molecule has 2 N–H and O–H groups in total. The maximum absolute atomic E-state index is 5.59. The molecule has 6 heteroatoms. The number of hydrogen-bond acceptors (Lipinski definition) is 5. The van der Waals surface area contributed by atoms with E-state index in [1.165, 1.54) is 5.56 Å². The van der Waals surface area contributed by atoms with Gasteiger partial charge in [0.2, 0.25) is 5.95 Å². The summed E-state index contributed by atoms with van der Waals surface area (Å²) in [5.74, 6) is 1.08. The van der Waals surface area contributed by atoms with Crippen LogP contribution in [0.4, 0.5) is 11.8 Å². The standard InChI is InChI=1S/C12H14BrN5/c1-18(7-4-9-2-5-15-6-3-9)11-10(13)8-16-12(14)17-11/h2-3,5-6,8H,4,7H2,1H3,(H2,14,16,17). The van der Waals surface area contributed by atoms with Crippen LogP contribution in [0.25, 0.3) is 0 Å². The lowest BCUT2D eigenvalue weighted by molar-refractivity contribution is 0.852. The van der Waals surface area contributed by atoms with Crippen molar-refractivity contribution in [1.29, 1.82) is 0 Å². The summed E-state index contributed by atoms with van der Waals surface area (Å²) in [6.45, 7) is 0.846. The maximum Gasteiger partial charge on any atom is 0.222 e. The molecule has 0 radical (unpaired) electrons. The third-order valence-corrected chi connectivity index (χ3v) is 3.15. The molecule has 94 valence electrons. The van der Waals surface area contributed by atoms with Crippen molar-refractivity contribution in [3.05, 3.63) is 40.8 Å². The first-order valence-corrected chi connectivity index (χ1v) is 6.34. The Bertz CT molecular complexity index is 517. The number of halogens is 1. The van der Waals surface area contributed by atoms with Crippen LogP contribution in [0, 0.1) is 0 Å². The van der Waals surface area contributed by atoms with Crippen LogP contribution in [0.5, 0.6) is 0 Å². The minimum atomic E-state index is 0.281. The van der Waals surface area contributed by atoms with Crippen LogP contribution in [0.2, 0.25) is 0 Å². The highest BCUT2D eigenvalue weighted by molar-refractivity contribution is 9.10. The van der Waals surface area contributed by atoms with Gasteiger partial charge in [0.15, 0.2) is 0 Å². The van der Waals surface area contributed by atoms with Gasteiger partial charge in [0, 0.05) is 32.2 Å². The highest BCUT2D eigenvalue weighted by Gasteiger charge is 2.08. The van der Waals surface area contributed by atoms with Crippen molar-refractivity contribution in [3.63, 3.8) is 0 Å². The Balaban J connectivity index is 2.03. The van der Waals surface area contributed by atoms with Crippen molar-refractivity contribution in [2.75, 3.05) is 24.2 Å². The predicted octanol–water partition coefficient (Wildman–Crippen LogP) is 1.90. The molecular formula is C12H14BrN5. The number of pyridine rings is 1. The molecule has 2 aromatic rings. The normalized spacial score (nSPS) is 10.3. The van der Waals surface area contributed by atoms with Gasteiger partial charge in [-0.2, -0.15) is 4.98 Å². The second-order valence-electron chi connectivity index (χ2n) is 3.93. The Morgan fingerprint density at radius 1 is 1.33 bits per heavy atom. The zero-order valence-electron chi connectivity index (χ0n) is 10.0. The van der Waals surface area contributed by atoms with E-state index >= 15 is 0 Å². The summed E-state index contributed by atoms with van der Waals surface area (Å²) in [6, 6.07) is 4.02. The number of hydrogen-bond donors (Lipinski definition) is 1. The van der Waals surface area contributed by atoms with Gasteiger partial charge in [0.05, 0.1) is 4.47 Å². The molecule has 0 aliphatic heterocycles. The highest BCUT2D eigenvalue weighted by atomic mass is 79.9. The Labute approximate surface area is 114 Å². The minimum Gasteiger partial charge on any atom is -0.368 e. The molecule has 2 aromatic heterocycles. The molecule has 0 aromatic carbocycles. The zero-order valence-corrected chi connectivity index (χ0v) is 11.6. The summed E-state index contributed by atoms with van der Waals surface area (Å²) >= 11 is 3.43. The molecule has 0 saturated carbocycles. The van der Waals surface area contributed by atoms with Crippen LogP contribution in [-0.4, -0.2) is 28.5 Å². The van der Waals surface area contributed by atoms with E-state index in [9.17, 15) is 0 Å². The van der Waals surface area contributed by atoms with Crippen molar-refractivity contribution in [2.24, 2.45) is 0 Å². The van der Waals surface area contributed by atoms with E-state index in [-0.39, 0.29) is 5.95 Å². The van der Waals surface area contributed by atoms with Gasteiger partial charge >= 0.3 is 0 Å². The minimum absolute atomic E-state index is 0.281. The SMILES string of the molecule is CN(CCc1ccncc1)c1nc(N)ncc1Br. The summed E-state index contributed by atoms with van der Waals surface area (Å²) in [4.78, 5) is 14.2. The van der Waals surface area contributed by atoms with Crippen molar-refractivity contribution >= 4 is 27.7 Å². The predicted molar refractivity (Wildman–Crippen MR) is 75.4 cm³/mol. The first-order chi connectivity index (χ1) is 8.66. The van der Waals surface area contributed by atoms with E-state index in [2.05, 4.69) is 30.9 Å². The lowest BCUT2D eigenvalue weighted by atomic mass is 10.2. The Morgan fingerprint density at radius 2 is 2.06 bits per heavy atom. The smallest absolute Gasteiger partial charge is 0.222 e. The average Bonchev–Trinajstić information content (AvgIpc) is 2.40. The third kappa shape index (κ3) is 3.16. The summed E-state index contributed by atoms with van der Waals surface area (Å²) < 4.78 is 0.842. The van der Waals surface area contributed by atoms with Crippen LogP contribution in [0.3, 0.4) is 0 Å². The molecule has 0 atom stereocenters. The van der Waals surface area contributed by atoms with Crippen LogP contribution in [0.15, 0.2) is 35.2 Å². The fraction of sp³-hybridized carbons (Fsp3) is 0.250. The first-order valence-electron chi connectivity index (χ1n) is 5.55. The second kappa shape index (κ2) is 5.77. The largest absolute Gasteiger partial charge is 0.368 e. The van der Waals surface area contributed by atoms with Crippen LogP contribution in [-0.2, 0) is 6.42 Å². The van der Waals surface area contributed by atoms with E-state index < -0.39 is 0 Å². The number of aromatic nitrogens is 3. The Morgan fingerprint density at radius 3 is 2.78 bits per heavy atom. The van der Waals surface area contributed by atoms with E-state index in [1.54, 1.807) is 18.6 Å². The molecule has 2 heterocycles. The van der Waals surface area contributed by atoms with Gasteiger partial charge in [-0.15, -0.1) is 0 Å². The molecule has 0 saturated heterocycles. The number of nitrogens with zero attached hydrogens (tertiary/aromatic N) is 4. The molecule has 0 fully saturated rings. The fourth-order valence-corrected chi connectivity index (χ4v) is 2.08. The van der Waals surface area contributed by atoms with Crippen LogP contribution < -0.4 is 10.6 Å². The number of nitrogen functional groups attached to an aromatic ring is 1. The average molecular weight is 308 g/mol. The van der Waals surface area contributed by atoms with Gasteiger partial charge < -0.3 is 10.6 Å². The van der Waals surface area contributed by atoms with Crippen molar-refractivity contribution in [2.45, 2.75) is 6.42 Å². The number of rotatable bonds is 4. The van der Waals surface area contributed by atoms with Gasteiger partial charge in [-0.05, 0) is 40.0 Å². The number of nitrogens with two attached hydrogens (primary N) is 1. The summed E-state index contributed by atoms with van der Waals surface area (Å²) in [7, 11) is 1.98. The quantitative estimate of drug-likeness (QED) is 0.934. The Hall–Kier alpha value is -1.69. The molecule has 0 spiro atoms. The molecule has 2 rings (SSSR count). The zero-order chi connectivity index (χ0) is 13.0. The lowest BCUT2D eigenvalue weighted by Gasteiger charge is -2.19. The van der Waals surface area contributed by atoms with Crippen LogP contribution in [0.1, 0.15) is 5.56 Å². The van der Waals surface area contributed by atoms with Crippen LogP contribution >= 0.6 is 15.9 Å². The molecule has 5 nitrogen and oxygen atoms in total. The van der Waals surface area contributed by atoms with E-state index in [4.69, 9.17) is 5.73 Å². The topological polar surface area (TPSA) is 67.9 Å². The second-order valence-corrected chi connectivity index (χ2v) is 4.78. The van der Waals surface area contributed by atoms with Gasteiger partial charge in [0.1, 0.15) is 5.82 Å². The highest BCUT2D eigenvalue weighted by Crippen LogP contribution is 2.22. The van der Waals surface area contributed by atoms with Crippen molar-refractivity contribution in [3.8, 4) is 0 Å². The first kappa shape index (κ1) is 12.8. The lowest BCUT2D eigenvalue weighted by Crippen LogP contribution is -2.22. The monoisotopic (exact) mass is 307 g/mol. The van der Waals surface area contributed by atoms with Gasteiger partial charge in [-0.1, -0.05) is 0 Å². The molecule has 0 bridgehead atoms. The molecule has 0 unspecified atom stereocenters. The molecule has 0 aliphatic carbocycles. The van der Waals surface area contributed by atoms with Crippen molar-refractivity contribution in [1.82, 2.24) is 15.0 Å². The van der Waals surface area contributed by atoms with Gasteiger partial charge in [-0.25, -0.2) is 4.98 Å².